The van der Waals surface area contributed by atoms with Crippen molar-refractivity contribution in [3.05, 3.63) is 82.6 Å². The highest BCUT2D eigenvalue weighted by molar-refractivity contribution is 7.08. The number of β-lactam (4-membered cyclic amide) rings is 1. The van der Waals surface area contributed by atoms with Crippen molar-refractivity contribution in [3.8, 4) is 0 Å². The molecular formula is C21H18N2O2S. The maximum atomic E-state index is 13.4. The van der Waals surface area contributed by atoms with Gasteiger partial charge in [-0.25, -0.2) is 0 Å². The van der Waals surface area contributed by atoms with Crippen LogP contribution in [0.15, 0.2) is 71.4 Å². The number of aryl methyl sites for hydroxylation is 1. The van der Waals surface area contributed by atoms with Crippen LogP contribution >= 0.6 is 11.3 Å². The minimum absolute atomic E-state index is 0.0534. The molecule has 4 rings (SSSR count). The van der Waals surface area contributed by atoms with Crippen LogP contribution in [-0.4, -0.2) is 11.8 Å². The Bertz CT molecular complexity index is 953. The van der Waals surface area contributed by atoms with Crippen LogP contribution in [0.5, 0.6) is 0 Å². The monoisotopic (exact) mass is 362 g/mol. The van der Waals surface area contributed by atoms with E-state index in [0.717, 1.165) is 22.5 Å². The van der Waals surface area contributed by atoms with Crippen molar-refractivity contribution >= 4 is 34.5 Å². The normalized spacial score (nSPS) is 19.1. The van der Waals surface area contributed by atoms with E-state index in [0.29, 0.717) is 0 Å². The van der Waals surface area contributed by atoms with Crippen molar-refractivity contribution in [2.75, 3.05) is 10.2 Å². The topological polar surface area (TPSA) is 49.4 Å². The number of thiophene rings is 1. The van der Waals surface area contributed by atoms with E-state index >= 15 is 0 Å². The first-order valence-corrected chi connectivity index (χ1v) is 9.35. The molecule has 2 amide bonds. The number of benzene rings is 2. The van der Waals surface area contributed by atoms with E-state index < -0.39 is 5.54 Å². The summed E-state index contributed by atoms with van der Waals surface area (Å²) in [7, 11) is 0. The molecule has 26 heavy (non-hydrogen) atoms. The molecule has 1 unspecified atom stereocenters. The van der Waals surface area contributed by atoms with E-state index in [1.165, 1.54) is 11.3 Å². The SMILES string of the molecule is Cc1ccccc1NC(=O)C1(c2ccsc2)CC(=O)N1c1ccccc1. The van der Waals surface area contributed by atoms with Crippen LogP contribution in [0.1, 0.15) is 17.5 Å². The lowest BCUT2D eigenvalue weighted by Crippen LogP contribution is -2.67. The first-order valence-electron chi connectivity index (χ1n) is 8.41. The summed E-state index contributed by atoms with van der Waals surface area (Å²) in [5, 5.41) is 6.91. The Balaban J connectivity index is 1.77. The van der Waals surface area contributed by atoms with Gasteiger partial charge < -0.3 is 5.32 Å². The molecule has 0 aliphatic carbocycles. The van der Waals surface area contributed by atoms with Gasteiger partial charge in [-0.2, -0.15) is 11.3 Å². The van der Waals surface area contributed by atoms with Gasteiger partial charge in [0.25, 0.3) is 5.91 Å². The number of para-hydroxylation sites is 2. The zero-order chi connectivity index (χ0) is 18.1. The number of hydrogen-bond acceptors (Lipinski definition) is 3. The highest BCUT2D eigenvalue weighted by Crippen LogP contribution is 2.46. The molecule has 1 atom stereocenters. The highest BCUT2D eigenvalue weighted by Gasteiger charge is 2.58. The van der Waals surface area contributed by atoms with Gasteiger partial charge >= 0.3 is 0 Å². The summed E-state index contributed by atoms with van der Waals surface area (Å²) in [5.74, 6) is -0.240. The average Bonchev–Trinajstić information content (AvgIpc) is 3.16. The fraction of sp³-hybridized carbons (Fsp3) is 0.143. The van der Waals surface area contributed by atoms with Gasteiger partial charge in [-0.05, 0) is 53.1 Å². The number of anilines is 2. The van der Waals surface area contributed by atoms with E-state index in [4.69, 9.17) is 0 Å². The van der Waals surface area contributed by atoms with Crippen molar-refractivity contribution in [2.45, 2.75) is 18.9 Å². The third kappa shape index (κ3) is 2.52. The van der Waals surface area contributed by atoms with Crippen LogP contribution in [0, 0.1) is 6.92 Å². The molecule has 1 aliphatic heterocycles. The molecule has 1 fully saturated rings. The molecule has 1 N–H and O–H groups in total. The van der Waals surface area contributed by atoms with Crippen molar-refractivity contribution < 1.29 is 9.59 Å². The second-order valence-electron chi connectivity index (χ2n) is 6.38. The van der Waals surface area contributed by atoms with Crippen molar-refractivity contribution in [1.29, 1.82) is 0 Å². The molecule has 2 aromatic carbocycles. The van der Waals surface area contributed by atoms with Crippen molar-refractivity contribution in [3.63, 3.8) is 0 Å². The van der Waals surface area contributed by atoms with Gasteiger partial charge in [0.05, 0.1) is 6.42 Å². The Morgan fingerprint density at radius 1 is 1.08 bits per heavy atom. The van der Waals surface area contributed by atoms with Gasteiger partial charge in [0.15, 0.2) is 5.54 Å². The second-order valence-corrected chi connectivity index (χ2v) is 7.16. The molecule has 4 nitrogen and oxygen atoms in total. The molecule has 0 spiro atoms. The number of carbonyl (C=O) groups excluding carboxylic acids is 2. The highest BCUT2D eigenvalue weighted by atomic mass is 32.1. The molecule has 1 aliphatic rings. The largest absolute Gasteiger partial charge is 0.323 e. The fourth-order valence-corrected chi connectivity index (χ4v) is 4.15. The molecule has 5 heteroatoms. The van der Waals surface area contributed by atoms with Crippen molar-refractivity contribution in [2.24, 2.45) is 0 Å². The second kappa shape index (κ2) is 6.42. The number of nitrogens with one attached hydrogen (secondary N) is 1. The van der Waals surface area contributed by atoms with Crippen LogP contribution in [0.4, 0.5) is 11.4 Å². The lowest BCUT2D eigenvalue weighted by Gasteiger charge is -2.50. The third-order valence-corrected chi connectivity index (χ3v) is 5.50. The predicted molar refractivity (Wildman–Crippen MR) is 104 cm³/mol. The Labute approximate surface area is 156 Å². The number of amides is 2. The van der Waals surface area contributed by atoms with Crippen molar-refractivity contribution in [1.82, 2.24) is 0 Å². The molecule has 1 saturated heterocycles. The summed E-state index contributed by atoms with van der Waals surface area (Å²) in [6.45, 7) is 1.95. The average molecular weight is 362 g/mol. The van der Waals surface area contributed by atoms with E-state index in [2.05, 4.69) is 5.32 Å². The lowest BCUT2D eigenvalue weighted by molar-refractivity contribution is -0.137. The minimum Gasteiger partial charge on any atom is -0.323 e. The zero-order valence-corrected chi connectivity index (χ0v) is 15.1. The molecule has 0 saturated carbocycles. The van der Waals surface area contributed by atoms with Crippen LogP contribution in [-0.2, 0) is 15.1 Å². The number of hydrogen-bond donors (Lipinski definition) is 1. The summed E-state index contributed by atoms with van der Waals surface area (Å²) in [6.07, 6.45) is 0.163. The van der Waals surface area contributed by atoms with Gasteiger partial charge in [0, 0.05) is 11.4 Å². The smallest absolute Gasteiger partial charge is 0.255 e. The van der Waals surface area contributed by atoms with Crippen LogP contribution in [0.3, 0.4) is 0 Å². The summed E-state index contributed by atoms with van der Waals surface area (Å²) in [4.78, 5) is 27.5. The van der Waals surface area contributed by atoms with Gasteiger partial charge in [0.1, 0.15) is 0 Å². The van der Waals surface area contributed by atoms with E-state index in [1.807, 2.05) is 78.3 Å². The summed E-state index contributed by atoms with van der Waals surface area (Å²) in [5.41, 5.74) is 2.31. The van der Waals surface area contributed by atoms with Gasteiger partial charge in [-0.1, -0.05) is 36.4 Å². The van der Waals surface area contributed by atoms with Crippen LogP contribution in [0.2, 0.25) is 0 Å². The van der Waals surface area contributed by atoms with Crippen LogP contribution < -0.4 is 10.2 Å². The Morgan fingerprint density at radius 3 is 2.46 bits per heavy atom. The molecule has 0 radical (unpaired) electrons. The predicted octanol–water partition coefficient (Wildman–Crippen LogP) is 4.33. The molecule has 2 heterocycles. The summed E-state index contributed by atoms with van der Waals surface area (Å²) in [6, 6.07) is 18.9. The number of rotatable bonds is 4. The third-order valence-electron chi connectivity index (χ3n) is 4.82. The lowest BCUT2D eigenvalue weighted by atomic mass is 9.77. The Kier molecular flexibility index (Phi) is 4.09. The van der Waals surface area contributed by atoms with Gasteiger partial charge in [-0.15, -0.1) is 0 Å². The number of carbonyl (C=O) groups is 2. The van der Waals surface area contributed by atoms with Gasteiger partial charge in [0.2, 0.25) is 5.91 Å². The standard InChI is InChI=1S/C21H18N2O2S/c1-15-7-5-6-10-18(15)22-20(25)21(16-11-12-26-14-16)13-19(24)23(21)17-8-3-2-4-9-17/h2-12,14H,13H2,1H3,(H,22,25). The van der Waals surface area contributed by atoms with E-state index in [9.17, 15) is 9.59 Å². The first kappa shape index (κ1) is 16.5. The summed E-state index contributed by atoms with van der Waals surface area (Å²) < 4.78 is 0. The fourth-order valence-electron chi connectivity index (χ4n) is 3.42. The summed E-state index contributed by atoms with van der Waals surface area (Å²) >= 11 is 1.52. The maximum Gasteiger partial charge on any atom is 0.255 e. The molecule has 3 aromatic rings. The maximum absolute atomic E-state index is 13.4. The van der Waals surface area contributed by atoms with E-state index in [-0.39, 0.29) is 18.2 Å². The zero-order valence-electron chi connectivity index (χ0n) is 14.3. The van der Waals surface area contributed by atoms with Crippen LogP contribution in [0.25, 0.3) is 0 Å². The Hall–Kier alpha value is -2.92. The quantitative estimate of drug-likeness (QED) is 0.703. The Morgan fingerprint density at radius 2 is 1.81 bits per heavy atom. The molecule has 130 valence electrons. The minimum atomic E-state index is -1.01. The molecular weight excluding hydrogens is 344 g/mol. The first-order chi connectivity index (χ1) is 12.6. The number of nitrogens with zero attached hydrogens (tertiary/aromatic N) is 1. The molecule has 0 bridgehead atoms. The van der Waals surface area contributed by atoms with E-state index in [1.54, 1.807) is 4.90 Å². The molecule has 1 aromatic heterocycles. The van der Waals surface area contributed by atoms with Gasteiger partial charge in [-0.3, -0.25) is 14.5 Å².